The molecule has 1 unspecified atom stereocenters. The minimum Gasteiger partial charge on any atom is -0.313 e. The first-order chi connectivity index (χ1) is 8.22. The van der Waals surface area contributed by atoms with Gasteiger partial charge in [0.25, 0.3) is 0 Å². The van der Waals surface area contributed by atoms with Crippen LogP contribution in [0.1, 0.15) is 50.6 Å². The van der Waals surface area contributed by atoms with Gasteiger partial charge < -0.3 is 5.32 Å². The van der Waals surface area contributed by atoms with E-state index in [2.05, 4.69) is 12.2 Å². The lowest BCUT2D eigenvalue weighted by atomic mass is 9.73. The quantitative estimate of drug-likeness (QED) is 0.830. The normalized spacial score (nSPS) is 20.4. The monoisotopic (exact) mass is 235 g/mol. The molecule has 1 aliphatic carbocycles. The zero-order chi connectivity index (χ0) is 12.3. The van der Waals surface area contributed by atoms with Crippen molar-refractivity contribution in [2.45, 2.75) is 45.1 Å². The third kappa shape index (κ3) is 2.37. The first-order valence-corrected chi connectivity index (χ1v) is 6.64. The number of nitrogens with one attached hydrogen (secondary N) is 1. The van der Waals surface area contributed by atoms with Crippen LogP contribution in [-0.4, -0.2) is 7.05 Å². The minimum absolute atomic E-state index is 0.152. The molecule has 1 fully saturated rings. The van der Waals surface area contributed by atoms with Crippen LogP contribution >= 0.6 is 0 Å². The number of benzene rings is 1. The Balaban J connectivity index is 2.28. The van der Waals surface area contributed by atoms with Crippen LogP contribution in [-0.2, 0) is 0 Å². The molecular formula is C15H22FN. The highest BCUT2D eigenvalue weighted by Gasteiger charge is 2.39. The topological polar surface area (TPSA) is 12.0 Å². The second kappa shape index (κ2) is 5.18. The fraction of sp³-hybridized carbons (Fsp3) is 0.600. The van der Waals surface area contributed by atoms with E-state index in [1.165, 1.54) is 37.7 Å². The van der Waals surface area contributed by atoms with Crippen molar-refractivity contribution in [3.63, 3.8) is 0 Å². The Bertz CT molecular complexity index is 352. The number of hydrogen-bond acceptors (Lipinski definition) is 1. The molecular weight excluding hydrogens is 213 g/mol. The molecule has 0 radical (unpaired) electrons. The van der Waals surface area contributed by atoms with Crippen molar-refractivity contribution in [2.75, 3.05) is 7.05 Å². The summed E-state index contributed by atoms with van der Waals surface area (Å²) in [5.74, 6) is -0.152. The van der Waals surface area contributed by atoms with Crippen molar-refractivity contribution in [1.29, 1.82) is 0 Å². The Morgan fingerprint density at radius 3 is 2.29 bits per heavy atom. The van der Waals surface area contributed by atoms with E-state index in [9.17, 15) is 4.39 Å². The molecule has 0 aromatic heterocycles. The van der Waals surface area contributed by atoms with Crippen LogP contribution in [0.3, 0.4) is 0 Å². The molecule has 1 atom stereocenters. The molecule has 0 spiro atoms. The minimum atomic E-state index is -0.152. The lowest BCUT2D eigenvalue weighted by Crippen LogP contribution is -2.34. The molecule has 1 saturated carbocycles. The van der Waals surface area contributed by atoms with Gasteiger partial charge in [0, 0.05) is 6.04 Å². The van der Waals surface area contributed by atoms with Crippen LogP contribution in [0.4, 0.5) is 4.39 Å². The molecule has 1 aromatic carbocycles. The van der Waals surface area contributed by atoms with E-state index in [1.54, 1.807) is 12.1 Å². The predicted molar refractivity (Wildman–Crippen MR) is 69.4 cm³/mol. The Morgan fingerprint density at radius 1 is 1.24 bits per heavy atom. The van der Waals surface area contributed by atoms with Gasteiger partial charge in [0.2, 0.25) is 0 Å². The highest BCUT2D eigenvalue weighted by atomic mass is 19.1. The number of hydrogen-bond donors (Lipinski definition) is 1. The summed E-state index contributed by atoms with van der Waals surface area (Å²) < 4.78 is 13.0. The number of halogens is 1. The van der Waals surface area contributed by atoms with Gasteiger partial charge in [-0.2, -0.15) is 0 Å². The van der Waals surface area contributed by atoms with Crippen molar-refractivity contribution in [3.8, 4) is 0 Å². The van der Waals surface area contributed by atoms with E-state index in [-0.39, 0.29) is 5.82 Å². The third-order valence-electron chi connectivity index (χ3n) is 4.41. The van der Waals surface area contributed by atoms with Gasteiger partial charge in [-0.25, -0.2) is 4.39 Å². The fourth-order valence-electron chi connectivity index (χ4n) is 3.41. The Hall–Kier alpha value is -0.890. The summed E-state index contributed by atoms with van der Waals surface area (Å²) in [5.41, 5.74) is 1.59. The Labute approximate surface area is 103 Å². The summed E-state index contributed by atoms with van der Waals surface area (Å²) in [4.78, 5) is 0. The van der Waals surface area contributed by atoms with E-state index in [0.717, 1.165) is 0 Å². The van der Waals surface area contributed by atoms with E-state index in [1.807, 2.05) is 19.2 Å². The SMILES string of the molecule is CCC1(C(NC)c2ccc(F)cc2)CCCC1. The Morgan fingerprint density at radius 2 is 1.82 bits per heavy atom. The second-order valence-corrected chi connectivity index (χ2v) is 5.20. The van der Waals surface area contributed by atoms with Crippen molar-refractivity contribution in [3.05, 3.63) is 35.6 Å². The molecule has 2 heteroatoms. The molecule has 1 N–H and O–H groups in total. The summed E-state index contributed by atoms with van der Waals surface area (Å²) in [7, 11) is 2.02. The molecule has 2 rings (SSSR count). The van der Waals surface area contributed by atoms with Crippen LogP contribution < -0.4 is 5.32 Å². The van der Waals surface area contributed by atoms with Crippen LogP contribution in [0.5, 0.6) is 0 Å². The zero-order valence-electron chi connectivity index (χ0n) is 10.8. The molecule has 0 heterocycles. The maximum Gasteiger partial charge on any atom is 0.123 e. The largest absolute Gasteiger partial charge is 0.313 e. The standard InChI is InChI=1S/C15H22FN/c1-3-15(10-4-5-11-15)14(17-2)12-6-8-13(16)9-7-12/h6-9,14,17H,3-5,10-11H2,1-2H3. The van der Waals surface area contributed by atoms with Crippen molar-refractivity contribution >= 4 is 0 Å². The fourth-order valence-corrected chi connectivity index (χ4v) is 3.41. The van der Waals surface area contributed by atoms with Gasteiger partial charge in [0.1, 0.15) is 5.82 Å². The maximum atomic E-state index is 13.0. The lowest BCUT2D eigenvalue weighted by Gasteiger charge is -2.37. The van der Waals surface area contributed by atoms with Crippen LogP contribution in [0.15, 0.2) is 24.3 Å². The molecule has 0 amide bonds. The first kappa shape index (κ1) is 12.6. The summed E-state index contributed by atoms with van der Waals surface area (Å²) in [5, 5.41) is 3.45. The number of rotatable bonds is 4. The summed E-state index contributed by atoms with van der Waals surface area (Å²) >= 11 is 0. The first-order valence-electron chi connectivity index (χ1n) is 6.64. The van der Waals surface area contributed by atoms with E-state index < -0.39 is 0 Å². The lowest BCUT2D eigenvalue weighted by molar-refractivity contribution is 0.195. The van der Waals surface area contributed by atoms with Gasteiger partial charge in [0.05, 0.1) is 0 Å². The highest BCUT2D eigenvalue weighted by Crippen LogP contribution is 2.49. The smallest absolute Gasteiger partial charge is 0.123 e. The second-order valence-electron chi connectivity index (χ2n) is 5.20. The highest BCUT2D eigenvalue weighted by molar-refractivity contribution is 5.22. The third-order valence-corrected chi connectivity index (χ3v) is 4.41. The Kier molecular flexibility index (Phi) is 3.82. The van der Waals surface area contributed by atoms with Gasteiger partial charge in [0.15, 0.2) is 0 Å². The van der Waals surface area contributed by atoms with Gasteiger partial charge in [-0.1, -0.05) is 31.9 Å². The average Bonchev–Trinajstić information content (AvgIpc) is 2.82. The molecule has 1 aromatic rings. The van der Waals surface area contributed by atoms with Crippen LogP contribution in [0, 0.1) is 11.2 Å². The molecule has 1 aliphatic rings. The van der Waals surface area contributed by atoms with Crippen molar-refractivity contribution in [2.24, 2.45) is 5.41 Å². The average molecular weight is 235 g/mol. The van der Waals surface area contributed by atoms with Crippen molar-refractivity contribution in [1.82, 2.24) is 5.32 Å². The van der Waals surface area contributed by atoms with E-state index in [4.69, 9.17) is 0 Å². The van der Waals surface area contributed by atoms with Crippen LogP contribution in [0.25, 0.3) is 0 Å². The predicted octanol–water partition coefficient (Wildman–Crippen LogP) is 4.06. The zero-order valence-corrected chi connectivity index (χ0v) is 10.8. The summed E-state index contributed by atoms with van der Waals surface area (Å²) in [6.07, 6.45) is 6.41. The summed E-state index contributed by atoms with van der Waals surface area (Å²) in [6, 6.07) is 7.34. The molecule has 0 saturated heterocycles. The van der Waals surface area contributed by atoms with Gasteiger partial charge in [-0.15, -0.1) is 0 Å². The van der Waals surface area contributed by atoms with Gasteiger partial charge >= 0.3 is 0 Å². The van der Waals surface area contributed by atoms with E-state index in [0.29, 0.717) is 11.5 Å². The van der Waals surface area contributed by atoms with Crippen molar-refractivity contribution < 1.29 is 4.39 Å². The molecule has 94 valence electrons. The van der Waals surface area contributed by atoms with E-state index >= 15 is 0 Å². The molecule has 0 aliphatic heterocycles. The van der Waals surface area contributed by atoms with Gasteiger partial charge in [-0.3, -0.25) is 0 Å². The molecule has 0 bridgehead atoms. The maximum absolute atomic E-state index is 13.0. The molecule has 17 heavy (non-hydrogen) atoms. The molecule has 1 nitrogen and oxygen atoms in total. The van der Waals surface area contributed by atoms with Crippen LogP contribution in [0.2, 0.25) is 0 Å². The van der Waals surface area contributed by atoms with Gasteiger partial charge in [-0.05, 0) is 49.4 Å². The summed E-state index contributed by atoms with van der Waals surface area (Å²) in [6.45, 7) is 2.28.